The van der Waals surface area contributed by atoms with Crippen molar-refractivity contribution in [1.82, 2.24) is 4.98 Å². The molecule has 0 N–H and O–H groups in total. The Balaban J connectivity index is 1.57. The van der Waals surface area contributed by atoms with Crippen LogP contribution >= 0.6 is 15.9 Å². The number of nitrogens with zero attached hydrogens (tertiary/aromatic N) is 2. The van der Waals surface area contributed by atoms with Gasteiger partial charge in [0.2, 0.25) is 5.76 Å². The first-order valence-corrected chi connectivity index (χ1v) is 13.0. The summed E-state index contributed by atoms with van der Waals surface area (Å²) < 4.78 is 12.7. The van der Waals surface area contributed by atoms with Crippen molar-refractivity contribution in [3.8, 4) is 5.75 Å². The van der Waals surface area contributed by atoms with Crippen LogP contribution in [0.25, 0.3) is 11.0 Å². The van der Waals surface area contributed by atoms with Crippen molar-refractivity contribution in [1.29, 1.82) is 0 Å². The minimum atomic E-state index is -0.666. The van der Waals surface area contributed by atoms with Crippen molar-refractivity contribution in [2.24, 2.45) is 0 Å². The molecule has 2 aromatic heterocycles. The Morgan fingerprint density at radius 2 is 1.83 bits per heavy atom. The van der Waals surface area contributed by atoms with E-state index in [1.165, 1.54) is 12.8 Å². The number of rotatable bonds is 8. The normalized spacial score (nSPS) is 14.9. The lowest BCUT2D eigenvalue weighted by Crippen LogP contribution is -2.30. The molecular weight excluding hydrogens is 520 g/mol. The molecule has 1 amide bonds. The van der Waals surface area contributed by atoms with Crippen LogP contribution in [0.15, 0.2) is 74.5 Å². The smallest absolute Gasteiger partial charge is 0.296 e. The molecule has 0 spiro atoms. The van der Waals surface area contributed by atoms with Crippen molar-refractivity contribution in [2.75, 3.05) is 11.5 Å². The van der Waals surface area contributed by atoms with Crippen molar-refractivity contribution < 1.29 is 13.9 Å². The molecule has 5 rings (SSSR count). The number of anilines is 1. The number of benzene rings is 2. The topological polar surface area (TPSA) is 72.6 Å². The number of carbonyl (C=O) groups is 1. The van der Waals surface area contributed by atoms with Crippen LogP contribution in [0, 0.1) is 6.92 Å². The lowest BCUT2D eigenvalue weighted by atomic mass is 9.98. The van der Waals surface area contributed by atoms with E-state index in [-0.39, 0.29) is 17.1 Å². The van der Waals surface area contributed by atoms with Crippen molar-refractivity contribution in [3.05, 3.63) is 97.9 Å². The van der Waals surface area contributed by atoms with Gasteiger partial charge in [0.25, 0.3) is 5.91 Å². The average Bonchev–Trinajstić information content (AvgIpc) is 3.18. The van der Waals surface area contributed by atoms with E-state index in [4.69, 9.17) is 9.15 Å². The number of hydrogen-bond acceptors (Lipinski definition) is 5. The van der Waals surface area contributed by atoms with Gasteiger partial charge in [-0.2, -0.15) is 0 Å². The van der Waals surface area contributed by atoms with E-state index < -0.39 is 6.04 Å². The van der Waals surface area contributed by atoms with Gasteiger partial charge in [0, 0.05) is 10.7 Å². The molecule has 0 saturated carbocycles. The number of unbranched alkanes of at least 4 members (excludes halogenated alkanes) is 3. The molecule has 1 atom stereocenters. The highest BCUT2D eigenvalue weighted by molar-refractivity contribution is 9.10. The molecule has 0 aliphatic carbocycles. The van der Waals surface area contributed by atoms with Gasteiger partial charge >= 0.3 is 0 Å². The zero-order valence-corrected chi connectivity index (χ0v) is 21.9. The van der Waals surface area contributed by atoms with E-state index in [1.54, 1.807) is 35.4 Å². The molecule has 0 fully saturated rings. The molecule has 7 heteroatoms. The molecule has 4 aromatic rings. The number of pyridine rings is 1. The molecule has 1 unspecified atom stereocenters. The second kappa shape index (κ2) is 10.3. The SMILES string of the molecule is CCCCCCOc1ccc(C2c3c(oc4ccc(Br)cc4c3=O)C(=O)N2c2ccc(C)cn2)cc1. The summed E-state index contributed by atoms with van der Waals surface area (Å²) >= 11 is 3.43. The molecule has 184 valence electrons. The van der Waals surface area contributed by atoms with Crippen LogP contribution in [0.5, 0.6) is 5.75 Å². The standard InChI is InChI=1S/C29H27BrN2O4/c1-3-4-5-6-15-35-21-11-8-19(9-12-21)26-25-27(33)22-16-20(30)10-13-23(22)36-28(25)29(34)32(26)24-14-7-18(2)17-31-24/h7-14,16-17,26H,3-6,15H2,1-2H3. The van der Waals surface area contributed by atoms with Crippen molar-refractivity contribution in [3.63, 3.8) is 0 Å². The van der Waals surface area contributed by atoms with Crippen LogP contribution in [-0.2, 0) is 0 Å². The van der Waals surface area contributed by atoms with Gasteiger partial charge in [0.1, 0.15) is 17.2 Å². The second-order valence-corrected chi connectivity index (χ2v) is 9.98. The molecule has 1 aliphatic heterocycles. The fraction of sp³-hybridized carbons (Fsp3) is 0.276. The zero-order chi connectivity index (χ0) is 25.2. The highest BCUT2D eigenvalue weighted by Crippen LogP contribution is 2.41. The van der Waals surface area contributed by atoms with E-state index in [9.17, 15) is 9.59 Å². The van der Waals surface area contributed by atoms with Crippen molar-refractivity contribution in [2.45, 2.75) is 45.6 Å². The second-order valence-electron chi connectivity index (χ2n) is 9.06. The van der Waals surface area contributed by atoms with Gasteiger partial charge in [0.05, 0.1) is 23.6 Å². The Morgan fingerprint density at radius 3 is 2.56 bits per heavy atom. The molecule has 2 aromatic carbocycles. The number of carbonyl (C=O) groups excluding carboxylic acids is 1. The Hall–Kier alpha value is -3.45. The van der Waals surface area contributed by atoms with Crippen LogP contribution in [0.1, 0.15) is 65.9 Å². The van der Waals surface area contributed by atoms with Gasteiger partial charge in [-0.15, -0.1) is 0 Å². The number of aromatic nitrogens is 1. The van der Waals surface area contributed by atoms with Crippen LogP contribution < -0.4 is 15.1 Å². The van der Waals surface area contributed by atoms with E-state index in [1.807, 2.05) is 37.3 Å². The summed E-state index contributed by atoms with van der Waals surface area (Å²) in [6.07, 6.45) is 6.25. The lowest BCUT2D eigenvalue weighted by Gasteiger charge is -2.24. The third-order valence-corrected chi connectivity index (χ3v) is 6.93. The highest BCUT2D eigenvalue weighted by Gasteiger charge is 2.44. The summed E-state index contributed by atoms with van der Waals surface area (Å²) in [4.78, 5) is 33.4. The van der Waals surface area contributed by atoms with Gasteiger partial charge in [-0.05, 0) is 60.9 Å². The summed E-state index contributed by atoms with van der Waals surface area (Å²) in [6.45, 7) is 4.78. The quantitative estimate of drug-likeness (QED) is 0.223. The maximum absolute atomic E-state index is 13.7. The number of ether oxygens (including phenoxy) is 1. The zero-order valence-electron chi connectivity index (χ0n) is 20.3. The Bertz CT molecular complexity index is 1460. The lowest BCUT2D eigenvalue weighted by molar-refractivity contribution is 0.0970. The third-order valence-electron chi connectivity index (χ3n) is 6.44. The fourth-order valence-corrected chi connectivity index (χ4v) is 4.93. The Kier molecular flexibility index (Phi) is 6.92. The Morgan fingerprint density at radius 1 is 1.03 bits per heavy atom. The van der Waals surface area contributed by atoms with E-state index in [0.717, 1.165) is 34.2 Å². The molecule has 36 heavy (non-hydrogen) atoms. The maximum atomic E-state index is 13.7. The molecule has 1 aliphatic rings. The Labute approximate surface area is 218 Å². The van der Waals surface area contributed by atoms with E-state index >= 15 is 0 Å². The number of aryl methyl sites for hydroxylation is 1. The largest absolute Gasteiger partial charge is 0.494 e. The molecular formula is C29H27BrN2O4. The number of hydrogen-bond donors (Lipinski definition) is 0. The number of amides is 1. The van der Waals surface area contributed by atoms with Crippen LogP contribution in [0.3, 0.4) is 0 Å². The first-order valence-electron chi connectivity index (χ1n) is 12.2. The average molecular weight is 547 g/mol. The summed E-state index contributed by atoms with van der Waals surface area (Å²) in [5.41, 5.74) is 2.23. The minimum absolute atomic E-state index is 0.0541. The van der Waals surface area contributed by atoms with E-state index in [0.29, 0.717) is 29.0 Å². The monoisotopic (exact) mass is 546 g/mol. The molecule has 0 saturated heterocycles. The summed E-state index contributed by atoms with van der Waals surface area (Å²) in [7, 11) is 0. The predicted octanol–water partition coefficient (Wildman–Crippen LogP) is 6.97. The van der Waals surface area contributed by atoms with Crippen LogP contribution in [0.4, 0.5) is 5.82 Å². The fourth-order valence-electron chi connectivity index (χ4n) is 4.56. The van der Waals surface area contributed by atoms with E-state index in [2.05, 4.69) is 27.8 Å². The van der Waals surface area contributed by atoms with Crippen molar-refractivity contribution >= 4 is 38.6 Å². The molecule has 3 heterocycles. The van der Waals surface area contributed by atoms with Gasteiger partial charge in [0.15, 0.2) is 5.43 Å². The number of halogens is 1. The first kappa shape index (κ1) is 24.3. The molecule has 6 nitrogen and oxygen atoms in total. The van der Waals surface area contributed by atoms with Gasteiger partial charge in [-0.3, -0.25) is 14.5 Å². The van der Waals surface area contributed by atoms with Crippen LogP contribution in [-0.4, -0.2) is 17.5 Å². The predicted molar refractivity (Wildman–Crippen MR) is 144 cm³/mol. The number of fused-ring (bicyclic) bond motifs is 2. The first-order chi connectivity index (χ1) is 17.5. The molecule has 0 bridgehead atoms. The third kappa shape index (κ3) is 4.55. The van der Waals surface area contributed by atoms with Gasteiger partial charge in [-0.1, -0.05) is 60.3 Å². The molecule has 0 radical (unpaired) electrons. The highest BCUT2D eigenvalue weighted by atomic mass is 79.9. The maximum Gasteiger partial charge on any atom is 0.296 e. The van der Waals surface area contributed by atoms with Gasteiger partial charge in [-0.25, -0.2) is 4.98 Å². The minimum Gasteiger partial charge on any atom is -0.494 e. The summed E-state index contributed by atoms with van der Waals surface area (Å²) in [5, 5.41) is 0.423. The summed E-state index contributed by atoms with van der Waals surface area (Å²) in [6, 6.07) is 15.8. The van der Waals surface area contributed by atoms with Gasteiger partial charge < -0.3 is 9.15 Å². The summed E-state index contributed by atoms with van der Waals surface area (Å²) in [5.74, 6) is 0.889. The van der Waals surface area contributed by atoms with Crippen LogP contribution in [0.2, 0.25) is 0 Å².